The number of nitrogens with zero attached hydrogens (tertiary/aromatic N) is 1. The Morgan fingerprint density at radius 2 is 2.05 bits per heavy atom. The maximum Gasteiger partial charge on any atom is 0.0482 e. The van der Waals surface area contributed by atoms with Crippen LogP contribution in [-0.2, 0) is 4.74 Å². The molecule has 0 aromatic heterocycles. The predicted molar refractivity (Wildman–Crippen MR) is 84.4 cm³/mol. The van der Waals surface area contributed by atoms with Crippen LogP contribution in [0.5, 0.6) is 0 Å². The Balaban J connectivity index is 2.07. The Kier molecular flexibility index (Phi) is 6.12. The molecule has 2 rings (SSSR count). The Bertz CT molecular complexity index is 436. The standard InChI is InChI=1S/C15H22Cl2N2O/c1-19(10-11-4-6-20-7-5-11)15(9-18)13-8-12(16)2-3-14(13)17/h2-3,8,11,15H,4-7,9-10,18H2,1H3. The van der Waals surface area contributed by atoms with Gasteiger partial charge in [-0.1, -0.05) is 23.2 Å². The van der Waals surface area contributed by atoms with Gasteiger partial charge in [-0.25, -0.2) is 0 Å². The van der Waals surface area contributed by atoms with Crippen LogP contribution in [0.25, 0.3) is 0 Å². The second kappa shape index (κ2) is 7.62. The minimum atomic E-state index is 0.101. The van der Waals surface area contributed by atoms with Crippen LogP contribution >= 0.6 is 23.2 Å². The van der Waals surface area contributed by atoms with Crippen LogP contribution in [0.1, 0.15) is 24.4 Å². The highest BCUT2D eigenvalue weighted by atomic mass is 35.5. The van der Waals surface area contributed by atoms with E-state index in [4.69, 9.17) is 33.7 Å². The maximum atomic E-state index is 6.30. The second-order valence-corrected chi connectivity index (χ2v) is 6.26. The van der Waals surface area contributed by atoms with Crippen molar-refractivity contribution in [3.63, 3.8) is 0 Å². The molecule has 0 spiro atoms. The summed E-state index contributed by atoms with van der Waals surface area (Å²) >= 11 is 12.4. The lowest BCUT2D eigenvalue weighted by molar-refractivity contribution is 0.0507. The summed E-state index contributed by atoms with van der Waals surface area (Å²) in [5, 5.41) is 1.42. The van der Waals surface area contributed by atoms with Gasteiger partial charge in [0.15, 0.2) is 0 Å². The molecule has 20 heavy (non-hydrogen) atoms. The molecule has 5 heteroatoms. The van der Waals surface area contributed by atoms with Crippen LogP contribution in [0, 0.1) is 5.92 Å². The largest absolute Gasteiger partial charge is 0.381 e. The lowest BCUT2D eigenvalue weighted by Crippen LogP contribution is -2.36. The summed E-state index contributed by atoms with van der Waals surface area (Å²) in [5.41, 5.74) is 6.97. The van der Waals surface area contributed by atoms with Gasteiger partial charge in [0.2, 0.25) is 0 Å². The van der Waals surface area contributed by atoms with Crippen molar-refractivity contribution in [3.05, 3.63) is 33.8 Å². The normalized spacial score (nSPS) is 18.4. The van der Waals surface area contributed by atoms with E-state index in [1.807, 2.05) is 12.1 Å². The van der Waals surface area contributed by atoms with Crippen molar-refractivity contribution in [1.29, 1.82) is 0 Å². The molecule has 1 aliphatic rings. The van der Waals surface area contributed by atoms with Crippen molar-refractivity contribution in [1.82, 2.24) is 4.90 Å². The molecular weight excluding hydrogens is 295 g/mol. The van der Waals surface area contributed by atoms with Crippen molar-refractivity contribution >= 4 is 23.2 Å². The molecule has 1 aromatic rings. The van der Waals surface area contributed by atoms with E-state index in [0.29, 0.717) is 17.5 Å². The zero-order valence-corrected chi connectivity index (χ0v) is 13.3. The topological polar surface area (TPSA) is 38.5 Å². The van der Waals surface area contributed by atoms with Gasteiger partial charge >= 0.3 is 0 Å². The summed E-state index contributed by atoms with van der Waals surface area (Å²) in [4.78, 5) is 2.29. The maximum absolute atomic E-state index is 6.30. The van der Waals surface area contributed by atoms with Crippen molar-refractivity contribution < 1.29 is 4.74 Å². The van der Waals surface area contributed by atoms with Crippen LogP contribution in [0.2, 0.25) is 10.0 Å². The molecule has 0 aliphatic carbocycles. The zero-order valence-electron chi connectivity index (χ0n) is 11.8. The third-order valence-electron chi connectivity index (χ3n) is 3.96. The average molecular weight is 317 g/mol. The van der Waals surface area contributed by atoms with Crippen LogP contribution in [0.3, 0.4) is 0 Å². The van der Waals surface area contributed by atoms with Crippen LogP contribution < -0.4 is 5.73 Å². The third kappa shape index (κ3) is 4.09. The van der Waals surface area contributed by atoms with Crippen molar-refractivity contribution in [3.8, 4) is 0 Å². The molecule has 112 valence electrons. The number of likely N-dealkylation sites (N-methyl/N-ethyl adjacent to an activating group) is 1. The molecule has 1 heterocycles. The van der Waals surface area contributed by atoms with E-state index in [1.54, 1.807) is 6.07 Å². The average Bonchev–Trinajstić information content (AvgIpc) is 2.44. The van der Waals surface area contributed by atoms with Gasteiger partial charge in [0.05, 0.1) is 0 Å². The monoisotopic (exact) mass is 316 g/mol. The van der Waals surface area contributed by atoms with Crippen molar-refractivity contribution in [2.24, 2.45) is 11.7 Å². The van der Waals surface area contributed by atoms with Gasteiger partial charge in [-0.3, -0.25) is 4.90 Å². The lowest BCUT2D eigenvalue weighted by atomic mass is 9.98. The van der Waals surface area contributed by atoms with E-state index in [9.17, 15) is 0 Å². The fraction of sp³-hybridized carbons (Fsp3) is 0.600. The summed E-state index contributed by atoms with van der Waals surface area (Å²) in [6.45, 7) is 3.27. The number of nitrogens with two attached hydrogens (primary N) is 1. The van der Waals surface area contributed by atoms with Gasteiger partial charge in [-0.15, -0.1) is 0 Å². The number of halogens is 2. The molecular formula is C15H22Cl2N2O. The highest BCUT2D eigenvalue weighted by Gasteiger charge is 2.22. The summed E-state index contributed by atoms with van der Waals surface area (Å²) < 4.78 is 5.41. The summed E-state index contributed by atoms with van der Waals surface area (Å²) in [5.74, 6) is 0.667. The van der Waals surface area contributed by atoms with Crippen LogP contribution in [-0.4, -0.2) is 38.3 Å². The first-order valence-electron chi connectivity index (χ1n) is 7.04. The Labute approximate surface area is 131 Å². The van der Waals surface area contributed by atoms with E-state index in [2.05, 4.69) is 11.9 Å². The fourth-order valence-corrected chi connectivity index (χ4v) is 3.20. The van der Waals surface area contributed by atoms with E-state index < -0.39 is 0 Å². The highest BCUT2D eigenvalue weighted by molar-refractivity contribution is 6.33. The minimum absolute atomic E-state index is 0.101. The summed E-state index contributed by atoms with van der Waals surface area (Å²) in [7, 11) is 2.10. The first-order chi connectivity index (χ1) is 9.61. The van der Waals surface area contributed by atoms with Gasteiger partial charge in [0, 0.05) is 42.4 Å². The molecule has 1 aliphatic heterocycles. The molecule has 1 atom stereocenters. The van der Waals surface area contributed by atoms with Crippen molar-refractivity contribution in [2.75, 3.05) is 33.4 Å². The van der Waals surface area contributed by atoms with E-state index >= 15 is 0 Å². The number of ether oxygens (including phenoxy) is 1. The predicted octanol–water partition coefficient (Wildman–Crippen LogP) is 3.35. The molecule has 0 bridgehead atoms. The second-order valence-electron chi connectivity index (χ2n) is 5.41. The number of hydrogen-bond acceptors (Lipinski definition) is 3. The SMILES string of the molecule is CN(CC1CCOCC1)C(CN)c1cc(Cl)ccc1Cl. The molecule has 0 amide bonds. The highest BCUT2D eigenvalue weighted by Crippen LogP contribution is 2.30. The molecule has 1 fully saturated rings. The number of hydrogen-bond donors (Lipinski definition) is 1. The number of benzene rings is 1. The van der Waals surface area contributed by atoms with Crippen LogP contribution in [0.4, 0.5) is 0 Å². The van der Waals surface area contributed by atoms with Gasteiger partial charge < -0.3 is 10.5 Å². The molecule has 0 saturated carbocycles. The van der Waals surface area contributed by atoms with Gasteiger partial charge in [-0.05, 0) is 49.6 Å². The molecule has 1 unspecified atom stereocenters. The quantitative estimate of drug-likeness (QED) is 0.905. The Morgan fingerprint density at radius 1 is 1.35 bits per heavy atom. The van der Waals surface area contributed by atoms with E-state index in [0.717, 1.165) is 43.2 Å². The molecule has 3 nitrogen and oxygen atoms in total. The summed E-state index contributed by atoms with van der Waals surface area (Å²) in [6.07, 6.45) is 2.23. The Morgan fingerprint density at radius 3 is 2.70 bits per heavy atom. The van der Waals surface area contributed by atoms with Crippen LogP contribution in [0.15, 0.2) is 18.2 Å². The van der Waals surface area contributed by atoms with Gasteiger partial charge in [0.1, 0.15) is 0 Å². The fourth-order valence-electron chi connectivity index (χ4n) is 2.78. The minimum Gasteiger partial charge on any atom is -0.381 e. The first-order valence-corrected chi connectivity index (χ1v) is 7.80. The van der Waals surface area contributed by atoms with Gasteiger partial charge in [-0.2, -0.15) is 0 Å². The smallest absolute Gasteiger partial charge is 0.0482 e. The lowest BCUT2D eigenvalue weighted by Gasteiger charge is -2.33. The molecule has 1 aromatic carbocycles. The summed E-state index contributed by atoms with van der Waals surface area (Å²) in [6, 6.07) is 5.66. The van der Waals surface area contributed by atoms with Crippen molar-refractivity contribution in [2.45, 2.75) is 18.9 Å². The third-order valence-corrected chi connectivity index (χ3v) is 4.54. The molecule has 0 radical (unpaired) electrons. The zero-order chi connectivity index (χ0) is 14.5. The Hall–Kier alpha value is -0.320. The molecule has 1 saturated heterocycles. The first kappa shape index (κ1) is 16.1. The molecule has 2 N–H and O–H groups in total. The van der Waals surface area contributed by atoms with E-state index in [1.165, 1.54) is 0 Å². The van der Waals surface area contributed by atoms with Gasteiger partial charge in [0.25, 0.3) is 0 Å². The van der Waals surface area contributed by atoms with E-state index in [-0.39, 0.29) is 6.04 Å². The number of rotatable bonds is 5.